The van der Waals surface area contributed by atoms with Gasteiger partial charge in [-0.1, -0.05) is 63.3 Å². The SMILES string of the molecule is CCNC(Cc1cccc(Cl)c1F)C1CCCCC1CC. The molecule has 1 aromatic carbocycles. The van der Waals surface area contributed by atoms with Crippen LogP contribution in [0.4, 0.5) is 4.39 Å². The summed E-state index contributed by atoms with van der Waals surface area (Å²) in [5.74, 6) is 1.18. The van der Waals surface area contributed by atoms with Crippen LogP contribution in [0, 0.1) is 17.7 Å². The topological polar surface area (TPSA) is 12.0 Å². The summed E-state index contributed by atoms with van der Waals surface area (Å²) in [6.07, 6.45) is 7.20. The van der Waals surface area contributed by atoms with Crippen LogP contribution in [-0.4, -0.2) is 12.6 Å². The van der Waals surface area contributed by atoms with Crippen LogP contribution in [0.5, 0.6) is 0 Å². The van der Waals surface area contributed by atoms with E-state index in [0.29, 0.717) is 12.0 Å². The second-order valence-corrected chi connectivity index (χ2v) is 6.61. The lowest BCUT2D eigenvalue weighted by atomic mass is 9.72. The van der Waals surface area contributed by atoms with Crippen molar-refractivity contribution in [1.29, 1.82) is 0 Å². The van der Waals surface area contributed by atoms with Crippen molar-refractivity contribution < 1.29 is 4.39 Å². The van der Waals surface area contributed by atoms with Gasteiger partial charge in [-0.15, -0.1) is 0 Å². The van der Waals surface area contributed by atoms with Crippen molar-refractivity contribution in [3.8, 4) is 0 Å². The average Bonchev–Trinajstić information content (AvgIpc) is 2.51. The largest absolute Gasteiger partial charge is 0.314 e. The number of halogens is 2. The predicted octanol–water partition coefficient (Wildman–Crippen LogP) is 5.22. The van der Waals surface area contributed by atoms with Crippen molar-refractivity contribution in [2.24, 2.45) is 11.8 Å². The molecule has 0 amide bonds. The molecule has 1 aromatic rings. The molecule has 0 aliphatic heterocycles. The highest BCUT2D eigenvalue weighted by atomic mass is 35.5. The van der Waals surface area contributed by atoms with E-state index in [9.17, 15) is 4.39 Å². The maximum atomic E-state index is 14.2. The van der Waals surface area contributed by atoms with E-state index in [2.05, 4.69) is 19.2 Å². The van der Waals surface area contributed by atoms with Crippen LogP contribution in [0.3, 0.4) is 0 Å². The summed E-state index contributed by atoms with van der Waals surface area (Å²) in [6, 6.07) is 5.70. The summed E-state index contributed by atoms with van der Waals surface area (Å²) in [4.78, 5) is 0. The number of rotatable bonds is 6. The van der Waals surface area contributed by atoms with E-state index in [1.54, 1.807) is 6.07 Å². The van der Waals surface area contributed by atoms with Crippen molar-refractivity contribution >= 4 is 11.6 Å². The summed E-state index contributed by atoms with van der Waals surface area (Å²) < 4.78 is 14.2. The van der Waals surface area contributed by atoms with Crippen LogP contribution in [0.1, 0.15) is 51.5 Å². The number of hydrogen-bond acceptors (Lipinski definition) is 1. The van der Waals surface area contributed by atoms with Crippen LogP contribution >= 0.6 is 11.6 Å². The summed E-state index contributed by atoms with van der Waals surface area (Å²) in [7, 11) is 0. The molecule has 3 unspecified atom stereocenters. The molecule has 1 aliphatic rings. The van der Waals surface area contributed by atoms with Crippen LogP contribution in [0.25, 0.3) is 0 Å². The lowest BCUT2D eigenvalue weighted by Gasteiger charge is -2.37. The normalized spacial score (nSPS) is 24.0. The Balaban J connectivity index is 2.16. The smallest absolute Gasteiger partial charge is 0.145 e. The van der Waals surface area contributed by atoms with Crippen LogP contribution in [0.15, 0.2) is 18.2 Å². The van der Waals surface area contributed by atoms with Gasteiger partial charge in [0.1, 0.15) is 5.82 Å². The molecule has 3 atom stereocenters. The fourth-order valence-electron chi connectivity index (χ4n) is 3.85. The van der Waals surface area contributed by atoms with Gasteiger partial charge in [0.15, 0.2) is 0 Å². The molecule has 1 saturated carbocycles. The molecule has 1 nitrogen and oxygen atoms in total. The van der Waals surface area contributed by atoms with Crippen molar-refractivity contribution in [2.75, 3.05) is 6.54 Å². The molecule has 2 rings (SSSR count). The Morgan fingerprint density at radius 3 is 2.76 bits per heavy atom. The summed E-state index contributed by atoms with van der Waals surface area (Å²) in [6.45, 7) is 5.34. The van der Waals surface area contributed by atoms with Gasteiger partial charge in [0.25, 0.3) is 0 Å². The highest BCUT2D eigenvalue weighted by Crippen LogP contribution is 2.36. The molecule has 0 aromatic heterocycles. The van der Waals surface area contributed by atoms with Crippen LogP contribution in [-0.2, 0) is 6.42 Å². The Bertz CT molecular complexity index is 449. The van der Waals surface area contributed by atoms with Crippen molar-refractivity contribution in [3.05, 3.63) is 34.6 Å². The Hall–Kier alpha value is -0.600. The molecule has 0 spiro atoms. The first-order chi connectivity index (χ1) is 10.2. The number of hydrogen-bond donors (Lipinski definition) is 1. The van der Waals surface area contributed by atoms with E-state index in [4.69, 9.17) is 11.6 Å². The van der Waals surface area contributed by atoms with Gasteiger partial charge < -0.3 is 5.32 Å². The highest BCUT2D eigenvalue weighted by molar-refractivity contribution is 6.30. The van der Waals surface area contributed by atoms with Crippen molar-refractivity contribution in [2.45, 2.75) is 58.4 Å². The molecule has 118 valence electrons. The monoisotopic (exact) mass is 311 g/mol. The number of nitrogens with one attached hydrogen (secondary N) is 1. The van der Waals surface area contributed by atoms with Gasteiger partial charge in [-0.3, -0.25) is 0 Å². The zero-order chi connectivity index (χ0) is 15.2. The van der Waals surface area contributed by atoms with Gasteiger partial charge in [-0.25, -0.2) is 4.39 Å². The quantitative estimate of drug-likeness (QED) is 0.760. The Labute approximate surface area is 133 Å². The van der Waals surface area contributed by atoms with E-state index in [-0.39, 0.29) is 10.8 Å². The van der Waals surface area contributed by atoms with Crippen LogP contribution < -0.4 is 5.32 Å². The predicted molar refractivity (Wildman–Crippen MR) is 88.3 cm³/mol. The molecule has 1 N–H and O–H groups in total. The molecule has 0 heterocycles. The van der Waals surface area contributed by atoms with Crippen molar-refractivity contribution in [1.82, 2.24) is 5.32 Å². The molecule has 1 aliphatic carbocycles. The maximum absolute atomic E-state index is 14.2. The third kappa shape index (κ3) is 4.20. The Morgan fingerprint density at radius 2 is 2.05 bits per heavy atom. The molecule has 21 heavy (non-hydrogen) atoms. The minimum Gasteiger partial charge on any atom is -0.314 e. The van der Waals surface area contributed by atoms with Gasteiger partial charge in [0, 0.05) is 6.04 Å². The first kappa shape index (κ1) is 16.8. The van der Waals surface area contributed by atoms with Gasteiger partial charge in [-0.05, 0) is 42.9 Å². The van der Waals surface area contributed by atoms with E-state index >= 15 is 0 Å². The minimum absolute atomic E-state index is 0.235. The van der Waals surface area contributed by atoms with Gasteiger partial charge in [0.2, 0.25) is 0 Å². The van der Waals surface area contributed by atoms with Crippen molar-refractivity contribution in [3.63, 3.8) is 0 Å². The second kappa shape index (κ2) is 8.14. The van der Waals surface area contributed by atoms with E-state index in [1.165, 1.54) is 32.1 Å². The summed E-state index contributed by atoms with van der Waals surface area (Å²) in [5.41, 5.74) is 0.744. The Kier molecular flexibility index (Phi) is 6.50. The molecule has 0 radical (unpaired) electrons. The van der Waals surface area contributed by atoms with Gasteiger partial charge in [0.05, 0.1) is 5.02 Å². The molecule has 0 bridgehead atoms. The zero-order valence-electron chi connectivity index (χ0n) is 13.2. The second-order valence-electron chi connectivity index (χ2n) is 6.20. The third-order valence-corrected chi connectivity index (χ3v) is 5.24. The van der Waals surface area contributed by atoms with E-state index < -0.39 is 0 Å². The lowest BCUT2D eigenvalue weighted by molar-refractivity contribution is 0.174. The van der Waals surface area contributed by atoms with Crippen LogP contribution in [0.2, 0.25) is 5.02 Å². The van der Waals surface area contributed by atoms with Gasteiger partial charge in [-0.2, -0.15) is 0 Å². The average molecular weight is 312 g/mol. The first-order valence-corrected chi connectivity index (χ1v) is 8.71. The minimum atomic E-state index is -0.245. The third-order valence-electron chi connectivity index (χ3n) is 4.95. The first-order valence-electron chi connectivity index (χ1n) is 8.33. The standard InChI is InChI=1S/C18H27ClFN/c1-3-13-8-5-6-10-15(13)17(21-4-2)12-14-9-7-11-16(19)18(14)20/h7,9,11,13,15,17,21H,3-6,8,10,12H2,1-2H3. The van der Waals surface area contributed by atoms with Gasteiger partial charge >= 0.3 is 0 Å². The maximum Gasteiger partial charge on any atom is 0.145 e. The van der Waals surface area contributed by atoms with E-state index in [0.717, 1.165) is 24.4 Å². The molecule has 3 heteroatoms. The Morgan fingerprint density at radius 1 is 1.29 bits per heavy atom. The lowest BCUT2D eigenvalue weighted by Crippen LogP contribution is -2.42. The number of benzene rings is 1. The highest BCUT2D eigenvalue weighted by Gasteiger charge is 2.30. The zero-order valence-corrected chi connectivity index (χ0v) is 13.9. The fraction of sp³-hybridized carbons (Fsp3) is 0.667. The summed E-state index contributed by atoms with van der Waals surface area (Å²) in [5, 5.41) is 3.84. The number of likely N-dealkylation sites (N-methyl/N-ethyl adjacent to an activating group) is 1. The van der Waals surface area contributed by atoms with E-state index in [1.807, 2.05) is 12.1 Å². The fourth-order valence-corrected chi connectivity index (χ4v) is 4.05. The molecular formula is C18H27ClFN. The molecule has 0 saturated heterocycles. The molecule has 1 fully saturated rings. The molecular weight excluding hydrogens is 285 g/mol. The summed E-state index contributed by atoms with van der Waals surface area (Å²) >= 11 is 5.92.